The highest BCUT2D eigenvalue weighted by molar-refractivity contribution is 7.99. The van der Waals surface area contributed by atoms with Crippen molar-refractivity contribution in [3.05, 3.63) is 52.9 Å². The van der Waals surface area contributed by atoms with Gasteiger partial charge in [0.25, 0.3) is 10.8 Å². The minimum absolute atomic E-state index is 0.00145. The molecule has 0 atom stereocenters. The number of anilines is 1. The molecule has 0 bridgehead atoms. The molecule has 5 nitrogen and oxygen atoms in total. The zero-order chi connectivity index (χ0) is 13.9. The lowest BCUT2D eigenvalue weighted by atomic mass is 10.3. The average molecular weight is 287 g/mol. The summed E-state index contributed by atoms with van der Waals surface area (Å²) >= 11 is 1.48. The smallest absolute Gasteiger partial charge is 0.256 e. The summed E-state index contributed by atoms with van der Waals surface area (Å²) in [6.45, 7) is 0.616. The van der Waals surface area contributed by atoms with E-state index in [4.69, 9.17) is 10.2 Å². The molecule has 6 heteroatoms. The van der Waals surface area contributed by atoms with E-state index in [0.717, 1.165) is 11.1 Å². The SMILES string of the molecule is Nc1ccc2oc(SCCn3ccccc3=O)nc2c1. The molecule has 2 aromatic heterocycles. The van der Waals surface area contributed by atoms with Crippen molar-refractivity contribution < 1.29 is 4.42 Å². The van der Waals surface area contributed by atoms with Gasteiger partial charge in [0.1, 0.15) is 5.52 Å². The van der Waals surface area contributed by atoms with E-state index in [1.165, 1.54) is 11.8 Å². The first-order chi connectivity index (χ1) is 9.72. The van der Waals surface area contributed by atoms with Gasteiger partial charge in [-0.2, -0.15) is 0 Å². The van der Waals surface area contributed by atoms with Crippen molar-refractivity contribution in [3.63, 3.8) is 0 Å². The highest BCUT2D eigenvalue weighted by atomic mass is 32.2. The third-order valence-electron chi connectivity index (χ3n) is 2.85. The monoisotopic (exact) mass is 287 g/mol. The van der Waals surface area contributed by atoms with Gasteiger partial charge in [-0.3, -0.25) is 4.79 Å². The lowest BCUT2D eigenvalue weighted by Crippen LogP contribution is -2.18. The number of aryl methyl sites for hydroxylation is 1. The second-order valence-electron chi connectivity index (χ2n) is 4.29. The van der Waals surface area contributed by atoms with Crippen molar-refractivity contribution >= 4 is 28.5 Å². The Balaban J connectivity index is 1.68. The van der Waals surface area contributed by atoms with Crippen molar-refractivity contribution in [1.82, 2.24) is 9.55 Å². The Bertz CT molecular complexity index is 794. The molecule has 0 saturated heterocycles. The molecule has 0 amide bonds. The molecule has 2 heterocycles. The van der Waals surface area contributed by atoms with Crippen molar-refractivity contribution in [2.24, 2.45) is 0 Å². The predicted octanol–water partition coefficient (Wildman–Crippen LogP) is 2.36. The molecule has 0 aliphatic heterocycles. The van der Waals surface area contributed by atoms with Crippen LogP contribution in [0.2, 0.25) is 0 Å². The van der Waals surface area contributed by atoms with Gasteiger partial charge >= 0.3 is 0 Å². The lowest BCUT2D eigenvalue weighted by Gasteiger charge is -2.02. The number of hydrogen-bond donors (Lipinski definition) is 1. The highest BCUT2D eigenvalue weighted by Crippen LogP contribution is 2.24. The third-order valence-corrected chi connectivity index (χ3v) is 3.66. The average Bonchev–Trinajstić information content (AvgIpc) is 2.83. The molecule has 0 fully saturated rings. The number of nitrogen functional groups attached to an aromatic ring is 1. The van der Waals surface area contributed by atoms with Gasteiger partial charge < -0.3 is 14.7 Å². The first-order valence-electron chi connectivity index (χ1n) is 6.17. The van der Waals surface area contributed by atoms with Crippen LogP contribution < -0.4 is 11.3 Å². The maximum Gasteiger partial charge on any atom is 0.256 e. The molecular weight excluding hydrogens is 274 g/mol. The van der Waals surface area contributed by atoms with E-state index in [1.54, 1.807) is 35.0 Å². The van der Waals surface area contributed by atoms with E-state index in [0.29, 0.717) is 23.2 Å². The summed E-state index contributed by atoms with van der Waals surface area (Å²) in [6.07, 6.45) is 1.77. The third kappa shape index (κ3) is 2.70. The fraction of sp³-hybridized carbons (Fsp3) is 0.143. The number of aromatic nitrogens is 2. The van der Waals surface area contributed by atoms with Crippen LogP contribution in [0, 0.1) is 0 Å². The molecule has 0 saturated carbocycles. The topological polar surface area (TPSA) is 74.0 Å². The maximum absolute atomic E-state index is 11.5. The maximum atomic E-state index is 11.5. The highest BCUT2D eigenvalue weighted by Gasteiger charge is 2.06. The summed E-state index contributed by atoms with van der Waals surface area (Å²) < 4.78 is 7.26. The Morgan fingerprint density at radius 2 is 2.20 bits per heavy atom. The van der Waals surface area contributed by atoms with E-state index in [1.807, 2.05) is 12.1 Å². The Hall–Kier alpha value is -2.21. The van der Waals surface area contributed by atoms with Crippen molar-refractivity contribution in [2.75, 3.05) is 11.5 Å². The first-order valence-corrected chi connectivity index (χ1v) is 7.15. The zero-order valence-electron chi connectivity index (χ0n) is 10.7. The molecule has 3 aromatic rings. The van der Waals surface area contributed by atoms with Gasteiger partial charge in [0.05, 0.1) is 0 Å². The van der Waals surface area contributed by atoms with Gasteiger partial charge in [-0.15, -0.1) is 0 Å². The van der Waals surface area contributed by atoms with Crippen molar-refractivity contribution in [1.29, 1.82) is 0 Å². The molecule has 0 radical (unpaired) electrons. The standard InChI is InChI=1S/C14H13N3O2S/c15-10-4-5-12-11(9-10)16-14(19-12)20-8-7-17-6-2-1-3-13(17)18/h1-6,9H,7-8,15H2. The molecule has 0 aliphatic rings. The van der Waals surface area contributed by atoms with Crippen molar-refractivity contribution in [2.45, 2.75) is 11.8 Å². The Morgan fingerprint density at radius 3 is 3.05 bits per heavy atom. The minimum Gasteiger partial charge on any atom is -0.431 e. The van der Waals surface area contributed by atoms with Crippen LogP contribution in [0.5, 0.6) is 0 Å². The van der Waals surface area contributed by atoms with Crippen LogP contribution in [0.15, 0.2) is 57.0 Å². The van der Waals surface area contributed by atoms with Crippen LogP contribution in [0.25, 0.3) is 11.1 Å². The summed E-state index contributed by atoms with van der Waals surface area (Å²) in [4.78, 5) is 15.9. The molecule has 20 heavy (non-hydrogen) atoms. The summed E-state index contributed by atoms with van der Waals surface area (Å²) in [6, 6.07) is 10.5. The minimum atomic E-state index is -0.00145. The molecular formula is C14H13N3O2S. The Morgan fingerprint density at radius 1 is 1.30 bits per heavy atom. The van der Waals surface area contributed by atoms with Gasteiger partial charge in [0, 0.05) is 30.2 Å². The molecule has 1 aromatic carbocycles. The molecule has 2 N–H and O–H groups in total. The predicted molar refractivity (Wildman–Crippen MR) is 79.8 cm³/mol. The fourth-order valence-electron chi connectivity index (χ4n) is 1.86. The first kappa shape index (κ1) is 12.8. The number of nitrogens with zero attached hydrogens (tertiary/aromatic N) is 2. The molecule has 102 valence electrons. The Labute approximate surface area is 119 Å². The molecule has 0 unspecified atom stereocenters. The van der Waals surface area contributed by atoms with Crippen LogP contribution in [0.1, 0.15) is 0 Å². The van der Waals surface area contributed by atoms with E-state index in [-0.39, 0.29) is 5.56 Å². The number of oxazole rings is 1. The van der Waals surface area contributed by atoms with E-state index in [2.05, 4.69) is 4.98 Å². The lowest BCUT2D eigenvalue weighted by molar-refractivity contribution is 0.489. The van der Waals surface area contributed by atoms with Crippen LogP contribution in [0.4, 0.5) is 5.69 Å². The van der Waals surface area contributed by atoms with Crippen LogP contribution in [-0.2, 0) is 6.54 Å². The number of fused-ring (bicyclic) bond motifs is 1. The second-order valence-corrected chi connectivity index (χ2v) is 5.33. The number of thioether (sulfide) groups is 1. The van der Waals surface area contributed by atoms with E-state index >= 15 is 0 Å². The van der Waals surface area contributed by atoms with Crippen molar-refractivity contribution in [3.8, 4) is 0 Å². The van der Waals surface area contributed by atoms with Gasteiger partial charge in [-0.25, -0.2) is 4.98 Å². The van der Waals surface area contributed by atoms with E-state index < -0.39 is 0 Å². The fourth-order valence-corrected chi connectivity index (χ4v) is 2.64. The molecule has 0 spiro atoms. The summed E-state index contributed by atoms with van der Waals surface area (Å²) in [7, 11) is 0. The van der Waals surface area contributed by atoms with Crippen LogP contribution in [0.3, 0.4) is 0 Å². The van der Waals surface area contributed by atoms with Crippen LogP contribution in [-0.4, -0.2) is 15.3 Å². The second kappa shape index (κ2) is 5.42. The number of hydrogen-bond acceptors (Lipinski definition) is 5. The largest absolute Gasteiger partial charge is 0.431 e. The molecule has 3 rings (SSSR count). The van der Waals surface area contributed by atoms with Gasteiger partial charge in [0.15, 0.2) is 5.58 Å². The van der Waals surface area contributed by atoms with E-state index in [9.17, 15) is 4.79 Å². The Kier molecular flexibility index (Phi) is 3.47. The van der Waals surface area contributed by atoms with Gasteiger partial charge in [-0.1, -0.05) is 17.8 Å². The summed E-state index contributed by atoms with van der Waals surface area (Å²) in [5.41, 5.74) is 7.84. The summed E-state index contributed by atoms with van der Waals surface area (Å²) in [5.74, 6) is 0.715. The normalized spacial score (nSPS) is 11.0. The quantitative estimate of drug-likeness (QED) is 0.589. The molecule has 0 aliphatic carbocycles. The van der Waals surface area contributed by atoms with Crippen LogP contribution >= 0.6 is 11.8 Å². The zero-order valence-corrected chi connectivity index (χ0v) is 11.5. The van der Waals surface area contributed by atoms with Gasteiger partial charge in [0.2, 0.25) is 0 Å². The number of rotatable bonds is 4. The number of nitrogens with two attached hydrogens (primary N) is 1. The number of benzene rings is 1. The van der Waals surface area contributed by atoms with Gasteiger partial charge in [-0.05, 0) is 24.3 Å². The summed E-state index contributed by atoms with van der Waals surface area (Å²) in [5, 5.41) is 0.592. The number of pyridine rings is 1.